The number of carbonyl (C=O) groups is 2. The van der Waals surface area contributed by atoms with Gasteiger partial charge in [-0.05, 0) is 36.8 Å². The largest absolute Gasteiger partial charge is 0.320 e. The minimum Gasteiger partial charge on any atom is -0.320 e. The summed E-state index contributed by atoms with van der Waals surface area (Å²) in [5.74, 6) is -1.91. The van der Waals surface area contributed by atoms with Crippen LogP contribution in [0.3, 0.4) is 0 Å². The number of aromatic nitrogens is 3. The second-order valence-electron chi connectivity index (χ2n) is 8.95. The van der Waals surface area contributed by atoms with Crippen LogP contribution >= 0.6 is 11.6 Å². The maximum absolute atomic E-state index is 14.9. The van der Waals surface area contributed by atoms with E-state index in [4.69, 9.17) is 17.3 Å². The molecule has 0 bridgehead atoms. The van der Waals surface area contributed by atoms with Crippen LogP contribution in [-0.2, 0) is 16.1 Å². The van der Waals surface area contributed by atoms with Crippen LogP contribution in [-0.4, -0.2) is 56.3 Å². The van der Waals surface area contributed by atoms with Crippen molar-refractivity contribution in [3.63, 3.8) is 0 Å². The normalized spacial score (nSPS) is 23.2. The van der Waals surface area contributed by atoms with Crippen molar-refractivity contribution < 1.29 is 18.4 Å². The van der Waals surface area contributed by atoms with Crippen molar-refractivity contribution in [1.82, 2.24) is 25.0 Å². The SMILES string of the molecule is CC1(C[C@@H](N)C(=O)NC(=O)C2C[C@@H](F)CN2Cc2c(-n3cncn3)ccc(Cl)c2F)CC1. The first-order valence-corrected chi connectivity index (χ1v) is 10.8. The number of nitrogens with one attached hydrogen (secondary N) is 1. The quantitative estimate of drug-likeness (QED) is 0.647. The van der Waals surface area contributed by atoms with Crippen LogP contribution < -0.4 is 11.1 Å². The van der Waals surface area contributed by atoms with Gasteiger partial charge in [0.25, 0.3) is 0 Å². The van der Waals surface area contributed by atoms with E-state index in [-0.39, 0.29) is 35.5 Å². The molecule has 1 aliphatic heterocycles. The number of hydrogen-bond donors (Lipinski definition) is 2. The second-order valence-corrected chi connectivity index (χ2v) is 9.36. The van der Waals surface area contributed by atoms with Crippen molar-refractivity contribution in [2.75, 3.05) is 6.54 Å². The fourth-order valence-corrected chi connectivity index (χ4v) is 4.29. The Balaban J connectivity index is 1.50. The van der Waals surface area contributed by atoms with Gasteiger partial charge < -0.3 is 5.73 Å². The summed E-state index contributed by atoms with van der Waals surface area (Å²) in [6, 6.07) is 1.21. The highest BCUT2D eigenvalue weighted by molar-refractivity contribution is 6.30. The highest BCUT2D eigenvalue weighted by atomic mass is 35.5. The molecule has 0 radical (unpaired) electrons. The lowest BCUT2D eigenvalue weighted by atomic mass is 9.99. The van der Waals surface area contributed by atoms with E-state index in [9.17, 15) is 18.4 Å². The molecule has 8 nitrogen and oxygen atoms in total. The van der Waals surface area contributed by atoms with E-state index in [0.29, 0.717) is 12.1 Å². The maximum atomic E-state index is 14.9. The van der Waals surface area contributed by atoms with Gasteiger partial charge in [-0.1, -0.05) is 18.5 Å². The van der Waals surface area contributed by atoms with Gasteiger partial charge in [0, 0.05) is 25.1 Å². The fraction of sp³-hybridized carbons (Fsp3) is 0.524. The van der Waals surface area contributed by atoms with E-state index in [2.05, 4.69) is 15.4 Å². The lowest BCUT2D eigenvalue weighted by Crippen LogP contribution is -2.50. The number of benzene rings is 1. The highest BCUT2D eigenvalue weighted by Crippen LogP contribution is 2.48. The summed E-state index contributed by atoms with van der Waals surface area (Å²) in [4.78, 5) is 30.6. The summed E-state index contributed by atoms with van der Waals surface area (Å²) in [5, 5.41) is 6.24. The molecule has 1 aromatic heterocycles. The summed E-state index contributed by atoms with van der Waals surface area (Å²) in [5.41, 5.74) is 6.53. The first kappa shape index (κ1) is 22.8. The Bertz CT molecular complexity index is 1010. The minimum absolute atomic E-state index is 0.0467. The highest BCUT2D eigenvalue weighted by Gasteiger charge is 2.42. The van der Waals surface area contributed by atoms with Gasteiger partial charge >= 0.3 is 0 Å². The van der Waals surface area contributed by atoms with Crippen LogP contribution in [0.25, 0.3) is 5.69 Å². The number of halogens is 3. The van der Waals surface area contributed by atoms with Crippen molar-refractivity contribution >= 4 is 23.4 Å². The van der Waals surface area contributed by atoms with Gasteiger partial charge in [-0.25, -0.2) is 18.4 Å². The summed E-state index contributed by atoms with van der Waals surface area (Å²) in [6.45, 7) is 1.86. The van der Waals surface area contributed by atoms with Crippen molar-refractivity contribution in [3.05, 3.63) is 41.2 Å². The Kier molecular flexibility index (Phi) is 6.28. The van der Waals surface area contributed by atoms with Crippen LogP contribution in [0, 0.1) is 11.2 Å². The Labute approximate surface area is 189 Å². The van der Waals surface area contributed by atoms with E-state index in [1.54, 1.807) is 6.07 Å². The molecule has 3 atom stereocenters. The van der Waals surface area contributed by atoms with Crippen LogP contribution in [0.15, 0.2) is 24.8 Å². The van der Waals surface area contributed by atoms with Crippen LogP contribution in [0.4, 0.5) is 8.78 Å². The average Bonchev–Trinajstić information content (AvgIpc) is 3.12. The lowest BCUT2D eigenvalue weighted by Gasteiger charge is -2.25. The summed E-state index contributed by atoms with van der Waals surface area (Å²) in [6.07, 6.45) is 3.79. The Hall–Kier alpha value is -2.43. The van der Waals surface area contributed by atoms with E-state index in [0.717, 1.165) is 12.8 Å². The standard InChI is InChI=1S/C21H25ClF2N6O2/c1-21(4-5-21)7-15(25)19(31)28-20(32)17-6-12(23)8-29(17)9-13-16(30-11-26-10-27-30)3-2-14(22)18(13)24/h2-3,10-12,15,17H,4-9,25H2,1H3,(H,28,31,32)/t12-,15-,17?/m1/s1. The third-order valence-corrected chi connectivity index (χ3v) is 6.54. The average molecular weight is 467 g/mol. The van der Waals surface area contributed by atoms with Gasteiger partial charge in [0.2, 0.25) is 11.8 Å². The lowest BCUT2D eigenvalue weighted by molar-refractivity contribution is -0.134. The molecule has 0 spiro atoms. The smallest absolute Gasteiger partial charge is 0.244 e. The van der Waals surface area contributed by atoms with Crippen molar-refractivity contribution in [1.29, 1.82) is 0 Å². The maximum Gasteiger partial charge on any atom is 0.244 e. The third-order valence-electron chi connectivity index (χ3n) is 6.25. The molecule has 1 aliphatic carbocycles. The van der Waals surface area contributed by atoms with Crippen molar-refractivity contribution in [2.24, 2.45) is 11.1 Å². The first-order valence-electron chi connectivity index (χ1n) is 10.5. The molecule has 2 aromatic rings. The molecule has 2 fully saturated rings. The molecule has 32 heavy (non-hydrogen) atoms. The van der Waals surface area contributed by atoms with Crippen molar-refractivity contribution in [2.45, 2.75) is 57.4 Å². The molecular weight excluding hydrogens is 442 g/mol. The Morgan fingerprint density at radius 1 is 1.41 bits per heavy atom. The van der Waals surface area contributed by atoms with Gasteiger partial charge in [-0.15, -0.1) is 0 Å². The predicted octanol–water partition coefficient (Wildman–Crippen LogP) is 2.13. The van der Waals surface area contributed by atoms with E-state index in [1.165, 1.54) is 28.3 Å². The van der Waals surface area contributed by atoms with E-state index in [1.807, 2.05) is 6.92 Å². The number of hydrogen-bond acceptors (Lipinski definition) is 6. The van der Waals surface area contributed by atoms with Gasteiger partial charge in [-0.3, -0.25) is 19.8 Å². The molecule has 1 unspecified atom stereocenters. The Morgan fingerprint density at radius 2 is 2.16 bits per heavy atom. The molecule has 1 aromatic carbocycles. The predicted molar refractivity (Wildman–Crippen MR) is 113 cm³/mol. The molecule has 11 heteroatoms. The topological polar surface area (TPSA) is 106 Å². The van der Waals surface area contributed by atoms with E-state index < -0.39 is 35.9 Å². The summed E-state index contributed by atoms with van der Waals surface area (Å²) < 4.78 is 30.6. The molecule has 4 rings (SSSR count). The van der Waals surface area contributed by atoms with Crippen molar-refractivity contribution in [3.8, 4) is 5.69 Å². The van der Waals surface area contributed by atoms with Crippen LogP contribution in [0.5, 0.6) is 0 Å². The van der Waals surface area contributed by atoms with Crippen LogP contribution in [0.1, 0.15) is 38.2 Å². The van der Waals surface area contributed by atoms with Gasteiger partial charge in [0.15, 0.2) is 0 Å². The number of imide groups is 1. The number of carbonyl (C=O) groups excluding carboxylic acids is 2. The summed E-state index contributed by atoms with van der Waals surface area (Å²) >= 11 is 5.97. The summed E-state index contributed by atoms with van der Waals surface area (Å²) in [7, 11) is 0. The number of nitrogens with two attached hydrogens (primary N) is 1. The number of rotatable bonds is 7. The second kappa shape index (κ2) is 8.84. The number of amides is 2. The van der Waals surface area contributed by atoms with Gasteiger partial charge in [0.1, 0.15) is 24.6 Å². The molecule has 2 aliphatic rings. The zero-order valence-electron chi connectivity index (χ0n) is 17.6. The zero-order chi connectivity index (χ0) is 23.0. The van der Waals surface area contributed by atoms with Gasteiger partial charge in [0.05, 0.1) is 22.8 Å². The molecule has 1 saturated carbocycles. The molecule has 1 saturated heterocycles. The zero-order valence-corrected chi connectivity index (χ0v) is 18.4. The molecule has 2 amide bonds. The Morgan fingerprint density at radius 3 is 2.81 bits per heavy atom. The number of likely N-dealkylation sites (tertiary alicyclic amines) is 1. The first-order chi connectivity index (χ1) is 15.2. The molecular formula is C21H25ClF2N6O2. The molecule has 172 valence electrons. The van der Waals surface area contributed by atoms with Crippen LogP contribution in [0.2, 0.25) is 5.02 Å². The number of alkyl halides is 1. The third kappa shape index (κ3) is 4.82. The molecule has 3 N–H and O–H groups in total. The minimum atomic E-state index is -1.29. The van der Waals surface area contributed by atoms with E-state index >= 15 is 0 Å². The monoisotopic (exact) mass is 466 g/mol. The fourth-order valence-electron chi connectivity index (χ4n) is 4.12. The number of nitrogens with zero attached hydrogens (tertiary/aromatic N) is 4. The molecule has 2 heterocycles. The van der Waals surface area contributed by atoms with Gasteiger partial charge in [-0.2, -0.15) is 5.10 Å².